The molecule has 0 aliphatic rings. The maximum Gasteiger partial charge on any atom is 0.0974 e. The lowest BCUT2D eigenvalue weighted by Gasteiger charge is -2.22. The zero-order chi connectivity index (χ0) is 35.3. The van der Waals surface area contributed by atoms with Gasteiger partial charge < -0.3 is 0 Å². The molecule has 9 aromatic rings. The van der Waals surface area contributed by atoms with Gasteiger partial charge in [0.2, 0.25) is 0 Å². The maximum absolute atomic E-state index is 5.63. The molecule has 250 valence electrons. The molecule has 52 heavy (non-hydrogen) atoms. The van der Waals surface area contributed by atoms with Crippen LogP contribution in [0.2, 0.25) is 0 Å². The van der Waals surface area contributed by atoms with Crippen LogP contribution in [0, 0.1) is 13.8 Å². The van der Waals surface area contributed by atoms with Crippen molar-refractivity contribution in [1.82, 2.24) is 9.97 Å². The smallest absolute Gasteiger partial charge is 0.0974 e. The van der Waals surface area contributed by atoms with Crippen LogP contribution < -0.4 is 0 Å². The summed E-state index contributed by atoms with van der Waals surface area (Å²) < 4.78 is 0. The van der Waals surface area contributed by atoms with Gasteiger partial charge in [-0.2, -0.15) is 0 Å². The quantitative estimate of drug-likeness (QED) is 0.165. The monoisotopic (exact) mass is 668 g/mol. The molecule has 0 aliphatic heterocycles. The van der Waals surface area contributed by atoms with Gasteiger partial charge in [0, 0.05) is 34.0 Å². The Balaban J connectivity index is 1.36. The molecule has 2 heterocycles. The van der Waals surface area contributed by atoms with Crippen LogP contribution in [0.15, 0.2) is 158 Å². The normalized spacial score (nSPS) is 12.8. The topological polar surface area (TPSA) is 25.8 Å². The number of pyridine rings is 2. The van der Waals surface area contributed by atoms with E-state index in [0.29, 0.717) is 0 Å². The van der Waals surface area contributed by atoms with Crippen molar-refractivity contribution in [3.8, 4) is 22.3 Å². The lowest BCUT2D eigenvalue weighted by atomic mass is 9.86. The van der Waals surface area contributed by atoms with Crippen LogP contribution in [0.1, 0.15) is 59.3 Å². The van der Waals surface area contributed by atoms with E-state index in [4.69, 9.17) is 9.97 Å². The van der Waals surface area contributed by atoms with E-state index in [0.717, 1.165) is 33.2 Å². The first kappa shape index (κ1) is 31.8. The van der Waals surface area contributed by atoms with Crippen molar-refractivity contribution in [3.05, 3.63) is 191 Å². The fraction of sp³-hybridized carbons (Fsp3) is 0.120. The highest BCUT2D eigenvalue weighted by atomic mass is 14.8. The van der Waals surface area contributed by atoms with E-state index in [1.54, 1.807) is 0 Å². The Kier molecular flexibility index (Phi) is 7.89. The van der Waals surface area contributed by atoms with Crippen molar-refractivity contribution >= 4 is 43.4 Å². The lowest BCUT2D eigenvalue weighted by molar-refractivity contribution is 0.876. The summed E-state index contributed by atoms with van der Waals surface area (Å²) in [6.45, 7) is 9.07. The Hall–Kier alpha value is -6.12. The summed E-state index contributed by atoms with van der Waals surface area (Å²) in [5.41, 5.74) is 13.9. The Labute approximate surface area is 305 Å². The standard InChI is InChI=1S/C50H40N2/c1-31-23-25-37-19-11-13-21-39(37)47(31)33(3)45-29-43(35-15-7-5-8-16-35)41-27-28-42-44(36-17-9-6-10-18-36)30-46(52-50(42)49(41)51-45)34(4)48-32(2)24-26-38-20-12-14-22-40(38)48/h5-30,33-34H,1-4H3. The maximum atomic E-state index is 5.63. The third kappa shape index (κ3) is 5.34. The minimum absolute atomic E-state index is 0.0576. The third-order valence-electron chi connectivity index (χ3n) is 11.1. The van der Waals surface area contributed by atoms with Crippen LogP contribution >= 0.6 is 0 Å². The summed E-state index contributed by atoms with van der Waals surface area (Å²) in [7, 11) is 0. The van der Waals surface area contributed by atoms with Gasteiger partial charge in [0.1, 0.15) is 0 Å². The highest BCUT2D eigenvalue weighted by Gasteiger charge is 2.23. The number of aromatic nitrogens is 2. The molecule has 2 aromatic heterocycles. The van der Waals surface area contributed by atoms with E-state index in [2.05, 4.69) is 185 Å². The molecule has 0 saturated heterocycles. The molecule has 0 saturated carbocycles. The van der Waals surface area contributed by atoms with E-state index < -0.39 is 0 Å². The average Bonchev–Trinajstić information content (AvgIpc) is 3.20. The molecule has 2 atom stereocenters. The second-order valence-electron chi connectivity index (χ2n) is 14.3. The molecule has 0 aliphatic carbocycles. The predicted molar refractivity (Wildman–Crippen MR) is 220 cm³/mol. The average molecular weight is 669 g/mol. The molecular formula is C50H40N2. The van der Waals surface area contributed by atoms with Gasteiger partial charge in [-0.3, -0.25) is 0 Å². The van der Waals surface area contributed by atoms with Gasteiger partial charge in [-0.15, -0.1) is 0 Å². The van der Waals surface area contributed by atoms with Gasteiger partial charge in [-0.05, 0) is 92.0 Å². The number of hydrogen-bond donors (Lipinski definition) is 0. The van der Waals surface area contributed by atoms with E-state index in [1.807, 2.05) is 0 Å². The van der Waals surface area contributed by atoms with Crippen LogP contribution in [0.3, 0.4) is 0 Å². The fourth-order valence-electron chi connectivity index (χ4n) is 8.43. The molecule has 2 heteroatoms. The molecule has 0 radical (unpaired) electrons. The van der Waals surface area contributed by atoms with Crippen LogP contribution in [-0.2, 0) is 0 Å². The van der Waals surface area contributed by atoms with Gasteiger partial charge in [-0.25, -0.2) is 9.97 Å². The molecule has 0 amide bonds. The first-order valence-corrected chi connectivity index (χ1v) is 18.3. The van der Waals surface area contributed by atoms with E-state index in [1.165, 1.54) is 66.1 Å². The number of hydrogen-bond acceptors (Lipinski definition) is 2. The van der Waals surface area contributed by atoms with Gasteiger partial charge >= 0.3 is 0 Å². The zero-order valence-electron chi connectivity index (χ0n) is 30.1. The highest BCUT2D eigenvalue weighted by Crippen LogP contribution is 2.42. The first-order valence-electron chi connectivity index (χ1n) is 18.3. The Morgan fingerprint density at radius 1 is 0.385 bits per heavy atom. The van der Waals surface area contributed by atoms with Gasteiger partial charge in [0.05, 0.1) is 11.0 Å². The number of fused-ring (bicyclic) bond motifs is 5. The molecule has 2 nitrogen and oxygen atoms in total. The fourth-order valence-corrected chi connectivity index (χ4v) is 8.43. The summed E-state index contributed by atoms with van der Waals surface area (Å²) in [4.78, 5) is 11.3. The van der Waals surface area contributed by atoms with Crippen LogP contribution in [0.4, 0.5) is 0 Å². The SMILES string of the molecule is Cc1ccc2ccccc2c1C(C)c1cc(-c2ccccc2)c2ccc3c(-c4ccccc4)cc(C(C)c4c(C)ccc5ccccc45)nc3c2n1. The minimum Gasteiger partial charge on any atom is -0.250 e. The summed E-state index contributed by atoms with van der Waals surface area (Å²) in [5.74, 6) is 0.115. The minimum atomic E-state index is 0.0576. The van der Waals surface area contributed by atoms with Gasteiger partial charge in [-0.1, -0.05) is 159 Å². The zero-order valence-corrected chi connectivity index (χ0v) is 30.1. The first-order chi connectivity index (χ1) is 25.5. The van der Waals surface area contributed by atoms with E-state index >= 15 is 0 Å². The Morgan fingerprint density at radius 3 is 1.19 bits per heavy atom. The molecule has 0 bridgehead atoms. The molecule has 9 rings (SSSR count). The number of aryl methyl sites for hydroxylation is 2. The summed E-state index contributed by atoms with van der Waals surface area (Å²) in [6, 6.07) is 57.1. The van der Waals surface area contributed by atoms with Crippen molar-refractivity contribution in [2.75, 3.05) is 0 Å². The molecule has 7 aromatic carbocycles. The predicted octanol–water partition coefficient (Wildman–Crippen LogP) is 13.3. The second-order valence-corrected chi connectivity index (χ2v) is 14.3. The highest BCUT2D eigenvalue weighted by molar-refractivity contribution is 6.12. The van der Waals surface area contributed by atoms with Crippen molar-refractivity contribution in [2.24, 2.45) is 0 Å². The number of rotatable bonds is 6. The molecule has 0 fully saturated rings. The summed E-state index contributed by atoms with van der Waals surface area (Å²) in [6.07, 6.45) is 0. The van der Waals surface area contributed by atoms with Crippen molar-refractivity contribution < 1.29 is 0 Å². The van der Waals surface area contributed by atoms with Crippen LogP contribution in [0.5, 0.6) is 0 Å². The Morgan fingerprint density at radius 2 is 0.769 bits per heavy atom. The van der Waals surface area contributed by atoms with E-state index in [-0.39, 0.29) is 11.8 Å². The van der Waals surface area contributed by atoms with Gasteiger partial charge in [0.15, 0.2) is 0 Å². The van der Waals surface area contributed by atoms with Gasteiger partial charge in [0.25, 0.3) is 0 Å². The summed E-state index contributed by atoms with van der Waals surface area (Å²) >= 11 is 0. The molecular weight excluding hydrogens is 629 g/mol. The van der Waals surface area contributed by atoms with Crippen LogP contribution in [0.25, 0.3) is 65.6 Å². The molecule has 0 N–H and O–H groups in total. The second kappa shape index (κ2) is 12.9. The van der Waals surface area contributed by atoms with Crippen LogP contribution in [-0.4, -0.2) is 9.97 Å². The lowest BCUT2D eigenvalue weighted by Crippen LogP contribution is -2.06. The number of nitrogens with zero attached hydrogens (tertiary/aromatic N) is 2. The number of benzene rings is 7. The molecule has 2 unspecified atom stereocenters. The largest absolute Gasteiger partial charge is 0.250 e. The van der Waals surface area contributed by atoms with Crippen molar-refractivity contribution in [1.29, 1.82) is 0 Å². The third-order valence-corrected chi connectivity index (χ3v) is 11.1. The summed E-state index contributed by atoms with van der Waals surface area (Å²) in [5, 5.41) is 7.29. The van der Waals surface area contributed by atoms with Crippen molar-refractivity contribution in [2.45, 2.75) is 39.5 Å². The van der Waals surface area contributed by atoms with Crippen molar-refractivity contribution in [3.63, 3.8) is 0 Å². The molecule has 0 spiro atoms. The Bertz CT molecular complexity index is 2590. The van der Waals surface area contributed by atoms with E-state index in [9.17, 15) is 0 Å².